The van der Waals surface area contributed by atoms with E-state index in [2.05, 4.69) is 34.1 Å². The van der Waals surface area contributed by atoms with E-state index >= 15 is 0 Å². The smallest absolute Gasteiger partial charge is 0.140 e. The number of piperidine rings is 1. The fourth-order valence-electron chi connectivity index (χ4n) is 2.53. The van der Waals surface area contributed by atoms with E-state index in [0.717, 1.165) is 32.0 Å². The molecular formula is C12H23N5. The summed E-state index contributed by atoms with van der Waals surface area (Å²) in [5.41, 5.74) is 0. The SMILES string of the molecule is CCNC1CCCN(Cc2ncnn2CC)C1. The lowest BCUT2D eigenvalue weighted by Gasteiger charge is -2.32. The number of likely N-dealkylation sites (N-methyl/N-ethyl adjacent to an activating group) is 1. The Balaban J connectivity index is 1.90. The molecule has 1 unspecified atom stereocenters. The van der Waals surface area contributed by atoms with Crippen LogP contribution in [0.5, 0.6) is 0 Å². The van der Waals surface area contributed by atoms with Gasteiger partial charge in [0, 0.05) is 19.1 Å². The molecule has 5 heteroatoms. The van der Waals surface area contributed by atoms with Gasteiger partial charge in [-0.05, 0) is 32.9 Å². The summed E-state index contributed by atoms with van der Waals surface area (Å²) < 4.78 is 1.98. The number of hydrogen-bond acceptors (Lipinski definition) is 4. The Kier molecular flexibility index (Phi) is 4.50. The van der Waals surface area contributed by atoms with Gasteiger partial charge in [0.05, 0.1) is 6.54 Å². The van der Waals surface area contributed by atoms with Gasteiger partial charge in [0.25, 0.3) is 0 Å². The number of rotatable bonds is 5. The van der Waals surface area contributed by atoms with Crippen molar-refractivity contribution in [3.05, 3.63) is 12.2 Å². The highest BCUT2D eigenvalue weighted by atomic mass is 15.3. The topological polar surface area (TPSA) is 46.0 Å². The highest BCUT2D eigenvalue weighted by Gasteiger charge is 2.20. The molecule has 96 valence electrons. The third kappa shape index (κ3) is 3.26. The van der Waals surface area contributed by atoms with Crippen LogP contribution in [0, 0.1) is 0 Å². The van der Waals surface area contributed by atoms with Gasteiger partial charge in [-0.2, -0.15) is 5.10 Å². The molecule has 0 aromatic carbocycles. The summed E-state index contributed by atoms with van der Waals surface area (Å²) in [6.45, 7) is 9.48. The fourth-order valence-corrected chi connectivity index (χ4v) is 2.53. The summed E-state index contributed by atoms with van der Waals surface area (Å²) in [5.74, 6) is 1.09. The van der Waals surface area contributed by atoms with Gasteiger partial charge in [0.1, 0.15) is 12.2 Å². The molecule has 1 N–H and O–H groups in total. The second-order valence-corrected chi connectivity index (χ2v) is 4.62. The molecule has 0 aliphatic carbocycles. The number of aryl methyl sites for hydroxylation is 1. The van der Waals surface area contributed by atoms with E-state index in [4.69, 9.17) is 0 Å². The molecule has 2 rings (SSSR count). The lowest BCUT2D eigenvalue weighted by atomic mass is 10.1. The maximum absolute atomic E-state index is 4.34. The molecule has 1 saturated heterocycles. The first-order valence-electron chi connectivity index (χ1n) is 6.66. The van der Waals surface area contributed by atoms with Crippen molar-refractivity contribution >= 4 is 0 Å². The van der Waals surface area contributed by atoms with Crippen molar-refractivity contribution in [2.24, 2.45) is 0 Å². The third-order valence-corrected chi connectivity index (χ3v) is 3.36. The Morgan fingerprint density at radius 3 is 3.12 bits per heavy atom. The molecule has 1 atom stereocenters. The molecule has 1 aromatic heterocycles. The van der Waals surface area contributed by atoms with Crippen molar-refractivity contribution < 1.29 is 0 Å². The van der Waals surface area contributed by atoms with E-state index in [1.807, 2.05) is 4.68 Å². The van der Waals surface area contributed by atoms with E-state index in [0.29, 0.717) is 6.04 Å². The van der Waals surface area contributed by atoms with E-state index in [1.165, 1.54) is 19.4 Å². The van der Waals surface area contributed by atoms with Crippen LogP contribution in [0.25, 0.3) is 0 Å². The van der Waals surface area contributed by atoms with Crippen molar-refractivity contribution in [2.45, 2.75) is 45.8 Å². The first kappa shape index (κ1) is 12.5. The first-order valence-corrected chi connectivity index (χ1v) is 6.66. The molecule has 0 amide bonds. The van der Waals surface area contributed by atoms with E-state index < -0.39 is 0 Å². The second kappa shape index (κ2) is 6.12. The monoisotopic (exact) mass is 237 g/mol. The summed E-state index contributed by atoms with van der Waals surface area (Å²) >= 11 is 0. The number of nitrogens with zero attached hydrogens (tertiary/aromatic N) is 4. The van der Waals surface area contributed by atoms with Crippen LogP contribution in [-0.2, 0) is 13.1 Å². The Morgan fingerprint density at radius 1 is 1.47 bits per heavy atom. The average molecular weight is 237 g/mol. The molecule has 0 radical (unpaired) electrons. The zero-order chi connectivity index (χ0) is 12.1. The molecular weight excluding hydrogens is 214 g/mol. The molecule has 0 saturated carbocycles. The average Bonchev–Trinajstić information content (AvgIpc) is 2.77. The number of likely N-dealkylation sites (tertiary alicyclic amines) is 1. The van der Waals surface area contributed by atoms with Crippen molar-refractivity contribution in [3.8, 4) is 0 Å². The van der Waals surface area contributed by atoms with Crippen molar-refractivity contribution in [3.63, 3.8) is 0 Å². The first-order chi connectivity index (χ1) is 8.33. The summed E-state index contributed by atoms with van der Waals surface area (Å²) in [6, 6.07) is 0.645. The summed E-state index contributed by atoms with van der Waals surface area (Å²) in [6.07, 6.45) is 4.23. The molecule has 1 aliphatic heterocycles. The maximum Gasteiger partial charge on any atom is 0.140 e. The van der Waals surface area contributed by atoms with Crippen molar-refractivity contribution in [1.82, 2.24) is 25.0 Å². The minimum Gasteiger partial charge on any atom is -0.313 e. The molecule has 2 heterocycles. The molecule has 17 heavy (non-hydrogen) atoms. The second-order valence-electron chi connectivity index (χ2n) is 4.62. The molecule has 1 fully saturated rings. The molecule has 5 nitrogen and oxygen atoms in total. The highest BCUT2D eigenvalue weighted by Crippen LogP contribution is 2.12. The minimum atomic E-state index is 0.645. The lowest BCUT2D eigenvalue weighted by Crippen LogP contribution is -2.45. The van der Waals surface area contributed by atoms with Gasteiger partial charge in [-0.1, -0.05) is 6.92 Å². The van der Waals surface area contributed by atoms with E-state index in [-0.39, 0.29) is 0 Å². The largest absolute Gasteiger partial charge is 0.313 e. The minimum absolute atomic E-state index is 0.645. The molecule has 0 bridgehead atoms. The van der Waals surface area contributed by atoms with Crippen LogP contribution < -0.4 is 5.32 Å². The summed E-state index contributed by atoms with van der Waals surface area (Å²) in [4.78, 5) is 6.82. The van der Waals surface area contributed by atoms with Gasteiger partial charge < -0.3 is 5.32 Å². The quantitative estimate of drug-likeness (QED) is 0.825. The summed E-state index contributed by atoms with van der Waals surface area (Å²) in [5, 5.41) is 7.76. The normalized spacial score (nSPS) is 21.9. The Hall–Kier alpha value is -0.940. The number of nitrogens with one attached hydrogen (secondary N) is 1. The molecule has 0 spiro atoms. The highest BCUT2D eigenvalue weighted by molar-refractivity contribution is 4.87. The van der Waals surface area contributed by atoms with Crippen LogP contribution in [0.15, 0.2) is 6.33 Å². The van der Waals surface area contributed by atoms with Crippen LogP contribution in [0.1, 0.15) is 32.5 Å². The zero-order valence-corrected chi connectivity index (χ0v) is 10.9. The van der Waals surface area contributed by atoms with Crippen LogP contribution in [0.3, 0.4) is 0 Å². The standard InChI is InChI=1S/C12H23N5/c1-3-13-11-6-5-7-16(8-11)9-12-14-10-15-17(12)4-2/h10-11,13H,3-9H2,1-2H3. The van der Waals surface area contributed by atoms with Crippen molar-refractivity contribution in [1.29, 1.82) is 0 Å². The van der Waals surface area contributed by atoms with Gasteiger partial charge in [-0.25, -0.2) is 9.67 Å². The Morgan fingerprint density at radius 2 is 2.35 bits per heavy atom. The van der Waals surface area contributed by atoms with Crippen LogP contribution in [0.4, 0.5) is 0 Å². The van der Waals surface area contributed by atoms with Crippen LogP contribution >= 0.6 is 0 Å². The zero-order valence-electron chi connectivity index (χ0n) is 10.9. The van der Waals surface area contributed by atoms with E-state index in [1.54, 1.807) is 6.33 Å². The number of hydrogen-bond donors (Lipinski definition) is 1. The van der Waals surface area contributed by atoms with Gasteiger partial charge in [0.2, 0.25) is 0 Å². The van der Waals surface area contributed by atoms with Crippen molar-refractivity contribution in [2.75, 3.05) is 19.6 Å². The number of aromatic nitrogens is 3. The third-order valence-electron chi connectivity index (χ3n) is 3.36. The predicted molar refractivity (Wildman–Crippen MR) is 67.7 cm³/mol. The van der Waals surface area contributed by atoms with Gasteiger partial charge >= 0.3 is 0 Å². The van der Waals surface area contributed by atoms with Crippen LogP contribution in [0.2, 0.25) is 0 Å². The predicted octanol–water partition coefficient (Wildman–Crippen LogP) is 0.872. The Labute approximate surface area is 103 Å². The summed E-state index contributed by atoms with van der Waals surface area (Å²) in [7, 11) is 0. The molecule has 1 aliphatic rings. The van der Waals surface area contributed by atoms with Crippen LogP contribution in [-0.4, -0.2) is 45.3 Å². The molecule has 1 aromatic rings. The maximum atomic E-state index is 4.34. The van der Waals surface area contributed by atoms with Gasteiger partial charge in [0.15, 0.2) is 0 Å². The van der Waals surface area contributed by atoms with Gasteiger partial charge in [-0.15, -0.1) is 0 Å². The van der Waals surface area contributed by atoms with E-state index in [9.17, 15) is 0 Å². The fraction of sp³-hybridized carbons (Fsp3) is 0.833. The lowest BCUT2D eigenvalue weighted by molar-refractivity contribution is 0.178. The Bertz CT molecular complexity index is 333. The van der Waals surface area contributed by atoms with Gasteiger partial charge in [-0.3, -0.25) is 4.90 Å².